The summed E-state index contributed by atoms with van der Waals surface area (Å²) in [4.78, 5) is 0. The van der Waals surface area contributed by atoms with Crippen molar-refractivity contribution in [2.24, 2.45) is 0 Å². The molecule has 2 atom stereocenters. The number of nitrogens with one attached hydrogen (secondary N) is 1. The molecule has 0 amide bonds. The van der Waals surface area contributed by atoms with E-state index >= 15 is 0 Å². The maximum Gasteiger partial charge on any atom is 0.119 e. The second-order valence-electron chi connectivity index (χ2n) is 4.17. The van der Waals surface area contributed by atoms with Gasteiger partial charge in [-0.25, -0.2) is 0 Å². The number of rotatable bonds is 6. The van der Waals surface area contributed by atoms with Crippen molar-refractivity contribution in [2.45, 2.75) is 46.3 Å². The van der Waals surface area contributed by atoms with Crippen LogP contribution >= 0.6 is 0 Å². The molecule has 0 bridgehead atoms. The zero-order chi connectivity index (χ0) is 12.0. The zero-order valence-corrected chi connectivity index (χ0v) is 10.8. The van der Waals surface area contributed by atoms with Gasteiger partial charge in [-0.2, -0.15) is 0 Å². The van der Waals surface area contributed by atoms with E-state index in [0.717, 1.165) is 18.7 Å². The van der Waals surface area contributed by atoms with Gasteiger partial charge in [0.15, 0.2) is 0 Å². The highest BCUT2D eigenvalue weighted by atomic mass is 16.5. The molecule has 0 aliphatic carbocycles. The van der Waals surface area contributed by atoms with E-state index in [1.807, 2.05) is 12.1 Å². The summed E-state index contributed by atoms with van der Waals surface area (Å²) in [7, 11) is 0. The second-order valence-corrected chi connectivity index (χ2v) is 4.17. The summed E-state index contributed by atoms with van der Waals surface area (Å²) >= 11 is 0. The van der Waals surface area contributed by atoms with Gasteiger partial charge in [0.05, 0.1) is 0 Å². The molecule has 0 radical (unpaired) electrons. The molecule has 0 aliphatic heterocycles. The lowest BCUT2D eigenvalue weighted by Crippen LogP contribution is -2.38. The van der Waals surface area contributed by atoms with Crippen LogP contribution < -0.4 is 10.1 Å². The second kappa shape index (κ2) is 6.54. The molecule has 1 N–H and O–H groups in total. The van der Waals surface area contributed by atoms with Crippen LogP contribution in [0.1, 0.15) is 33.3 Å². The van der Waals surface area contributed by atoms with Crippen molar-refractivity contribution in [1.29, 1.82) is 0 Å². The molecule has 0 aromatic heterocycles. The first-order chi connectivity index (χ1) is 7.67. The Morgan fingerprint density at radius 1 is 1.12 bits per heavy atom. The van der Waals surface area contributed by atoms with Crippen molar-refractivity contribution in [1.82, 2.24) is 5.32 Å². The Bertz CT molecular complexity index is 294. The fourth-order valence-corrected chi connectivity index (χ4v) is 1.61. The van der Waals surface area contributed by atoms with Gasteiger partial charge in [-0.05, 0) is 44.5 Å². The average Bonchev–Trinajstić information content (AvgIpc) is 2.30. The number of aryl methyl sites for hydroxylation is 1. The normalized spacial score (nSPS) is 14.5. The van der Waals surface area contributed by atoms with Gasteiger partial charge in [0.25, 0.3) is 0 Å². The molecule has 2 unspecified atom stereocenters. The van der Waals surface area contributed by atoms with Crippen molar-refractivity contribution in [3.8, 4) is 5.75 Å². The lowest BCUT2D eigenvalue weighted by molar-refractivity contribution is 0.179. The maximum atomic E-state index is 5.87. The minimum Gasteiger partial charge on any atom is -0.489 e. The summed E-state index contributed by atoms with van der Waals surface area (Å²) in [5, 5.41) is 3.36. The lowest BCUT2D eigenvalue weighted by atomic mass is 10.1. The zero-order valence-electron chi connectivity index (χ0n) is 10.8. The van der Waals surface area contributed by atoms with Gasteiger partial charge >= 0.3 is 0 Å². The van der Waals surface area contributed by atoms with Gasteiger partial charge in [0, 0.05) is 6.04 Å². The Kier molecular flexibility index (Phi) is 5.33. The molecule has 1 aromatic rings. The average molecular weight is 221 g/mol. The van der Waals surface area contributed by atoms with E-state index in [9.17, 15) is 0 Å². The van der Waals surface area contributed by atoms with Crippen LogP contribution in [0.4, 0.5) is 0 Å². The van der Waals surface area contributed by atoms with Gasteiger partial charge < -0.3 is 10.1 Å². The SMILES string of the molecule is CCNC(C)C(C)Oc1ccc(CC)cc1. The van der Waals surface area contributed by atoms with E-state index in [1.165, 1.54) is 5.56 Å². The Morgan fingerprint density at radius 2 is 1.75 bits per heavy atom. The molecule has 0 fully saturated rings. The molecule has 90 valence electrons. The van der Waals surface area contributed by atoms with Crippen LogP contribution in [0.2, 0.25) is 0 Å². The third-order valence-electron chi connectivity index (χ3n) is 2.88. The molecular weight excluding hydrogens is 198 g/mol. The number of hydrogen-bond acceptors (Lipinski definition) is 2. The predicted molar refractivity (Wildman–Crippen MR) is 69.0 cm³/mol. The molecule has 0 saturated heterocycles. The highest BCUT2D eigenvalue weighted by Gasteiger charge is 2.11. The summed E-state index contributed by atoms with van der Waals surface area (Å²) in [6, 6.07) is 8.72. The minimum absolute atomic E-state index is 0.187. The highest BCUT2D eigenvalue weighted by Crippen LogP contribution is 2.15. The van der Waals surface area contributed by atoms with E-state index in [1.54, 1.807) is 0 Å². The highest BCUT2D eigenvalue weighted by molar-refractivity contribution is 5.27. The van der Waals surface area contributed by atoms with Crippen LogP contribution in [0, 0.1) is 0 Å². The van der Waals surface area contributed by atoms with Crippen molar-refractivity contribution in [3.63, 3.8) is 0 Å². The molecule has 2 heteroatoms. The van der Waals surface area contributed by atoms with Crippen molar-refractivity contribution < 1.29 is 4.74 Å². The lowest BCUT2D eigenvalue weighted by Gasteiger charge is -2.22. The summed E-state index contributed by atoms with van der Waals surface area (Å²) in [5.74, 6) is 0.953. The first kappa shape index (κ1) is 13.0. The minimum atomic E-state index is 0.187. The molecule has 0 aliphatic rings. The number of benzene rings is 1. The maximum absolute atomic E-state index is 5.87. The van der Waals surface area contributed by atoms with E-state index in [0.29, 0.717) is 6.04 Å². The molecule has 2 nitrogen and oxygen atoms in total. The number of hydrogen-bond donors (Lipinski definition) is 1. The molecule has 16 heavy (non-hydrogen) atoms. The van der Waals surface area contributed by atoms with Crippen LogP contribution in [0.25, 0.3) is 0 Å². The third kappa shape index (κ3) is 3.86. The van der Waals surface area contributed by atoms with Crippen LogP contribution in [-0.2, 0) is 6.42 Å². The van der Waals surface area contributed by atoms with Crippen LogP contribution in [-0.4, -0.2) is 18.7 Å². The third-order valence-corrected chi connectivity index (χ3v) is 2.88. The van der Waals surface area contributed by atoms with Gasteiger partial charge in [-0.1, -0.05) is 26.0 Å². The van der Waals surface area contributed by atoms with Crippen LogP contribution in [0.3, 0.4) is 0 Å². The van der Waals surface area contributed by atoms with Crippen molar-refractivity contribution >= 4 is 0 Å². The number of likely N-dealkylation sites (N-methyl/N-ethyl adjacent to an activating group) is 1. The van der Waals surface area contributed by atoms with E-state index in [4.69, 9.17) is 4.74 Å². The van der Waals surface area contributed by atoms with Gasteiger partial charge in [-0.3, -0.25) is 0 Å². The molecule has 0 heterocycles. The first-order valence-corrected chi connectivity index (χ1v) is 6.16. The Balaban J connectivity index is 2.52. The monoisotopic (exact) mass is 221 g/mol. The molecule has 1 rings (SSSR count). The van der Waals surface area contributed by atoms with Gasteiger partial charge in [-0.15, -0.1) is 0 Å². The molecule has 0 saturated carbocycles. The standard InChI is InChI=1S/C14H23NO/c1-5-13-7-9-14(10-8-13)16-12(4)11(3)15-6-2/h7-12,15H,5-6H2,1-4H3. The first-order valence-electron chi connectivity index (χ1n) is 6.16. The van der Waals surface area contributed by atoms with E-state index < -0.39 is 0 Å². The Hall–Kier alpha value is -1.02. The van der Waals surface area contributed by atoms with Crippen LogP contribution in [0.15, 0.2) is 24.3 Å². The van der Waals surface area contributed by atoms with Gasteiger partial charge in [0.1, 0.15) is 11.9 Å². The molecule has 1 aromatic carbocycles. The van der Waals surface area contributed by atoms with Crippen molar-refractivity contribution in [2.75, 3.05) is 6.54 Å². The fourth-order valence-electron chi connectivity index (χ4n) is 1.61. The topological polar surface area (TPSA) is 21.3 Å². The summed E-state index contributed by atoms with van der Waals surface area (Å²) in [6.45, 7) is 9.49. The van der Waals surface area contributed by atoms with Crippen molar-refractivity contribution in [3.05, 3.63) is 29.8 Å². The quantitative estimate of drug-likeness (QED) is 0.797. The van der Waals surface area contributed by atoms with E-state index in [-0.39, 0.29) is 6.10 Å². The predicted octanol–water partition coefficient (Wildman–Crippen LogP) is 3.01. The largest absolute Gasteiger partial charge is 0.489 e. The Morgan fingerprint density at radius 3 is 2.25 bits per heavy atom. The molecule has 0 spiro atoms. The summed E-state index contributed by atoms with van der Waals surface area (Å²) < 4.78 is 5.87. The smallest absolute Gasteiger partial charge is 0.119 e. The summed E-state index contributed by atoms with van der Waals surface area (Å²) in [6.07, 6.45) is 1.26. The molecular formula is C14H23NO. The Labute approximate surface area is 99.0 Å². The summed E-state index contributed by atoms with van der Waals surface area (Å²) in [5.41, 5.74) is 1.35. The van der Waals surface area contributed by atoms with Crippen LogP contribution in [0.5, 0.6) is 5.75 Å². The fraction of sp³-hybridized carbons (Fsp3) is 0.571. The van der Waals surface area contributed by atoms with E-state index in [2.05, 4.69) is 45.1 Å². The van der Waals surface area contributed by atoms with Gasteiger partial charge in [0.2, 0.25) is 0 Å². The number of ether oxygens (including phenoxy) is 1.